The van der Waals surface area contributed by atoms with Crippen molar-refractivity contribution < 1.29 is 0 Å². The molecule has 0 aromatic carbocycles. The maximum atomic E-state index is 5.79. The molecule has 68 valence electrons. The fourth-order valence-electron chi connectivity index (χ4n) is 1.04. The van der Waals surface area contributed by atoms with Gasteiger partial charge in [0.15, 0.2) is 0 Å². The van der Waals surface area contributed by atoms with Gasteiger partial charge in [0, 0.05) is 10.7 Å². The summed E-state index contributed by atoms with van der Waals surface area (Å²) in [5, 5.41) is 0. The lowest BCUT2D eigenvalue weighted by Gasteiger charge is -2.01. The summed E-state index contributed by atoms with van der Waals surface area (Å²) in [6.45, 7) is 0. The number of pyridine rings is 1. The molecule has 0 bridgehead atoms. The molecule has 13 heavy (non-hydrogen) atoms. The monoisotopic (exact) mass is 239 g/mol. The molecule has 2 rings (SSSR count). The summed E-state index contributed by atoms with van der Waals surface area (Å²) in [5.74, 6) is 0.537. The highest BCUT2D eigenvalue weighted by atomic mass is 79.9. The Morgan fingerprint density at radius 2 is 2.38 bits per heavy atom. The Morgan fingerprint density at radius 1 is 1.62 bits per heavy atom. The standard InChI is InChI=1S/C9H10BrN3/c10-7-2-1-5-12-8(7)9(11)13-6-3-4-6/h1-2,5-6H,3-4H2,(H2,11,13). The quantitative estimate of drug-likeness (QED) is 0.632. The van der Waals surface area contributed by atoms with Crippen LogP contribution < -0.4 is 5.73 Å². The molecule has 2 N–H and O–H groups in total. The third-order valence-electron chi connectivity index (χ3n) is 1.87. The van der Waals surface area contributed by atoms with Gasteiger partial charge in [0.1, 0.15) is 11.5 Å². The van der Waals surface area contributed by atoms with Crippen LogP contribution in [0.2, 0.25) is 0 Å². The number of nitrogens with zero attached hydrogens (tertiary/aromatic N) is 2. The summed E-state index contributed by atoms with van der Waals surface area (Å²) >= 11 is 3.38. The lowest BCUT2D eigenvalue weighted by Crippen LogP contribution is -2.16. The fraction of sp³-hybridized carbons (Fsp3) is 0.333. The van der Waals surface area contributed by atoms with E-state index in [1.165, 1.54) is 0 Å². The molecular formula is C9H10BrN3. The smallest absolute Gasteiger partial charge is 0.146 e. The number of nitrogens with two attached hydrogens (primary N) is 1. The van der Waals surface area contributed by atoms with Crippen molar-refractivity contribution >= 4 is 21.8 Å². The number of amidine groups is 1. The van der Waals surface area contributed by atoms with E-state index in [0.29, 0.717) is 11.9 Å². The molecular weight excluding hydrogens is 230 g/mol. The molecule has 1 aromatic rings. The molecule has 0 unspecified atom stereocenters. The summed E-state index contributed by atoms with van der Waals surface area (Å²) in [4.78, 5) is 8.48. The molecule has 4 heteroatoms. The lowest BCUT2D eigenvalue weighted by atomic mass is 10.3. The van der Waals surface area contributed by atoms with Crippen LogP contribution in [-0.2, 0) is 0 Å². The topological polar surface area (TPSA) is 51.3 Å². The Balaban J connectivity index is 2.28. The Morgan fingerprint density at radius 3 is 3.00 bits per heavy atom. The zero-order chi connectivity index (χ0) is 9.26. The summed E-state index contributed by atoms with van der Waals surface area (Å²) in [6, 6.07) is 4.21. The van der Waals surface area contributed by atoms with Gasteiger partial charge in [0.05, 0.1) is 6.04 Å². The fourth-order valence-corrected chi connectivity index (χ4v) is 1.49. The molecule has 1 heterocycles. The van der Waals surface area contributed by atoms with Crippen molar-refractivity contribution in [2.75, 3.05) is 0 Å². The first-order chi connectivity index (χ1) is 6.27. The van der Waals surface area contributed by atoms with Crippen molar-refractivity contribution in [3.8, 4) is 0 Å². The molecule has 0 aliphatic heterocycles. The van der Waals surface area contributed by atoms with Crippen LogP contribution in [0.3, 0.4) is 0 Å². The number of rotatable bonds is 2. The van der Waals surface area contributed by atoms with Crippen LogP contribution in [0.25, 0.3) is 0 Å². The van der Waals surface area contributed by atoms with Crippen LogP contribution in [0.15, 0.2) is 27.8 Å². The van der Waals surface area contributed by atoms with Gasteiger partial charge >= 0.3 is 0 Å². The van der Waals surface area contributed by atoms with Crippen molar-refractivity contribution in [3.05, 3.63) is 28.5 Å². The first kappa shape index (κ1) is 8.69. The number of hydrogen-bond donors (Lipinski definition) is 1. The first-order valence-electron chi connectivity index (χ1n) is 4.21. The molecule has 0 spiro atoms. The third kappa shape index (κ3) is 2.06. The van der Waals surface area contributed by atoms with Gasteiger partial charge in [-0.1, -0.05) is 0 Å². The van der Waals surface area contributed by atoms with Gasteiger partial charge in [0.2, 0.25) is 0 Å². The van der Waals surface area contributed by atoms with Gasteiger partial charge in [-0.2, -0.15) is 0 Å². The van der Waals surface area contributed by atoms with E-state index in [2.05, 4.69) is 25.9 Å². The highest BCUT2D eigenvalue weighted by molar-refractivity contribution is 9.10. The molecule has 1 fully saturated rings. The van der Waals surface area contributed by atoms with Gasteiger partial charge in [-0.25, -0.2) is 0 Å². The second-order valence-corrected chi connectivity index (χ2v) is 3.93. The summed E-state index contributed by atoms with van der Waals surface area (Å²) in [7, 11) is 0. The minimum absolute atomic E-state index is 0.439. The molecule has 0 atom stereocenters. The summed E-state index contributed by atoms with van der Waals surface area (Å²) in [5.41, 5.74) is 6.54. The second kappa shape index (κ2) is 3.46. The molecule has 1 saturated carbocycles. The van der Waals surface area contributed by atoms with Crippen molar-refractivity contribution in [1.82, 2.24) is 4.98 Å². The zero-order valence-electron chi connectivity index (χ0n) is 7.07. The van der Waals surface area contributed by atoms with Crippen molar-refractivity contribution in [2.45, 2.75) is 18.9 Å². The molecule has 1 aromatic heterocycles. The van der Waals surface area contributed by atoms with E-state index in [1.54, 1.807) is 6.20 Å². The van der Waals surface area contributed by atoms with Gasteiger partial charge in [-0.15, -0.1) is 0 Å². The molecule has 0 radical (unpaired) electrons. The van der Waals surface area contributed by atoms with Crippen molar-refractivity contribution in [3.63, 3.8) is 0 Å². The van der Waals surface area contributed by atoms with E-state index in [4.69, 9.17) is 5.73 Å². The SMILES string of the molecule is NC(=NC1CC1)c1ncccc1Br. The highest BCUT2D eigenvalue weighted by Crippen LogP contribution is 2.24. The van der Waals surface area contributed by atoms with Crippen LogP contribution >= 0.6 is 15.9 Å². The molecule has 1 aliphatic carbocycles. The van der Waals surface area contributed by atoms with E-state index >= 15 is 0 Å². The van der Waals surface area contributed by atoms with Gasteiger partial charge < -0.3 is 5.73 Å². The average Bonchev–Trinajstić information content (AvgIpc) is 2.89. The van der Waals surface area contributed by atoms with E-state index in [1.807, 2.05) is 12.1 Å². The maximum absolute atomic E-state index is 5.79. The minimum Gasteiger partial charge on any atom is -0.382 e. The van der Waals surface area contributed by atoms with E-state index < -0.39 is 0 Å². The molecule has 0 saturated heterocycles. The maximum Gasteiger partial charge on any atom is 0.146 e. The van der Waals surface area contributed by atoms with E-state index in [9.17, 15) is 0 Å². The Hall–Kier alpha value is -0.900. The number of aromatic nitrogens is 1. The molecule has 3 nitrogen and oxygen atoms in total. The number of halogens is 1. The van der Waals surface area contributed by atoms with Crippen LogP contribution in [0.1, 0.15) is 18.5 Å². The Kier molecular flexibility index (Phi) is 2.31. The van der Waals surface area contributed by atoms with E-state index in [-0.39, 0.29) is 0 Å². The van der Waals surface area contributed by atoms with Gasteiger partial charge in [0.25, 0.3) is 0 Å². The zero-order valence-corrected chi connectivity index (χ0v) is 8.66. The van der Waals surface area contributed by atoms with Crippen LogP contribution in [-0.4, -0.2) is 16.9 Å². The van der Waals surface area contributed by atoms with E-state index in [0.717, 1.165) is 23.0 Å². The predicted octanol–water partition coefficient (Wildman–Crippen LogP) is 1.71. The number of aliphatic imine (C=N–C) groups is 1. The lowest BCUT2D eigenvalue weighted by molar-refractivity contribution is 1.05. The summed E-state index contributed by atoms with van der Waals surface area (Å²) < 4.78 is 0.900. The largest absolute Gasteiger partial charge is 0.382 e. The number of hydrogen-bond acceptors (Lipinski definition) is 2. The average molecular weight is 240 g/mol. The first-order valence-corrected chi connectivity index (χ1v) is 5.01. The second-order valence-electron chi connectivity index (χ2n) is 3.08. The highest BCUT2D eigenvalue weighted by Gasteiger charge is 2.21. The van der Waals surface area contributed by atoms with Gasteiger partial charge in [-0.3, -0.25) is 9.98 Å². The van der Waals surface area contributed by atoms with Crippen molar-refractivity contribution in [2.24, 2.45) is 10.7 Å². The van der Waals surface area contributed by atoms with Gasteiger partial charge in [-0.05, 0) is 40.9 Å². The minimum atomic E-state index is 0.439. The predicted molar refractivity (Wildman–Crippen MR) is 55.7 cm³/mol. The Labute approximate surface area is 85.2 Å². The van der Waals surface area contributed by atoms with Crippen LogP contribution in [0, 0.1) is 0 Å². The normalized spacial score (nSPS) is 17.5. The van der Waals surface area contributed by atoms with Crippen molar-refractivity contribution in [1.29, 1.82) is 0 Å². The molecule has 0 amide bonds. The molecule has 1 aliphatic rings. The third-order valence-corrected chi connectivity index (χ3v) is 2.51. The van der Waals surface area contributed by atoms with Crippen LogP contribution in [0.4, 0.5) is 0 Å². The Bertz CT molecular complexity index is 344. The summed E-state index contributed by atoms with van der Waals surface area (Å²) in [6.07, 6.45) is 4.03. The van der Waals surface area contributed by atoms with Crippen LogP contribution in [0.5, 0.6) is 0 Å².